The van der Waals surface area contributed by atoms with Gasteiger partial charge < -0.3 is 0 Å². The predicted molar refractivity (Wildman–Crippen MR) is 87.8 cm³/mol. The molecule has 0 nitrogen and oxygen atoms in total. The van der Waals surface area contributed by atoms with Crippen molar-refractivity contribution in [2.75, 3.05) is 0 Å². The first-order valence-corrected chi connectivity index (χ1v) is 8.70. The summed E-state index contributed by atoms with van der Waals surface area (Å²) in [5.41, 5.74) is 2.93. The summed E-state index contributed by atoms with van der Waals surface area (Å²) >= 11 is 3.94. The van der Waals surface area contributed by atoms with Gasteiger partial charge in [0.2, 0.25) is 0 Å². The highest BCUT2D eigenvalue weighted by Gasteiger charge is 2.25. The van der Waals surface area contributed by atoms with Crippen LogP contribution >= 0.6 is 15.9 Å². The second-order valence-electron chi connectivity index (χ2n) is 6.76. The van der Waals surface area contributed by atoms with E-state index in [-0.39, 0.29) is 0 Å². The summed E-state index contributed by atoms with van der Waals surface area (Å²) in [7, 11) is 0. The normalized spacial score (nSPS) is 25.5. The van der Waals surface area contributed by atoms with E-state index >= 15 is 0 Å². The average Bonchev–Trinajstić information content (AvgIpc) is 2.39. The number of hydrogen-bond donors (Lipinski definition) is 0. The Morgan fingerprint density at radius 2 is 1.63 bits per heavy atom. The number of halogens is 1. The molecule has 0 bridgehead atoms. The topological polar surface area (TPSA) is 0 Å². The third kappa shape index (κ3) is 4.34. The van der Waals surface area contributed by atoms with Crippen molar-refractivity contribution in [3.05, 3.63) is 35.4 Å². The third-order valence-electron chi connectivity index (χ3n) is 4.42. The molecular weight excluding hydrogens is 296 g/mol. The van der Waals surface area contributed by atoms with Gasteiger partial charge in [0.1, 0.15) is 0 Å². The summed E-state index contributed by atoms with van der Waals surface area (Å²) in [4.78, 5) is 0.549. The quantitative estimate of drug-likeness (QED) is 0.583. The van der Waals surface area contributed by atoms with E-state index < -0.39 is 0 Å². The van der Waals surface area contributed by atoms with Gasteiger partial charge in [-0.1, -0.05) is 73.8 Å². The van der Waals surface area contributed by atoms with Gasteiger partial charge in [0.15, 0.2) is 0 Å². The van der Waals surface area contributed by atoms with E-state index in [1.54, 1.807) is 0 Å². The Labute approximate surface area is 127 Å². The first-order chi connectivity index (χ1) is 9.06. The molecule has 1 atom stereocenters. The van der Waals surface area contributed by atoms with Crippen LogP contribution in [-0.4, -0.2) is 0 Å². The highest BCUT2D eigenvalue weighted by atomic mass is 79.9. The van der Waals surface area contributed by atoms with Crippen molar-refractivity contribution >= 4 is 15.9 Å². The molecule has 1 aliphatic rings. The Balaban J connectivity index is 1.97. The van der Waals surface area contributed by atoms with Gasteiger partial charge in [0.05, 0.1) is 0 Å². The fourth-order valence-corrected chi connectivity index (χ4v) is 3.99. The summed E-state index contributed by atoms with van der Waals surface area (Å²) in [6.07, 6.45) is 6.75. The molecule has 0 amide bonds. The maximum Gasteiger partial charge on any atom is 0.0423 e. The van der Waals surface area contributed by atoms with Crippen molar-refractivity contribution in [3.8, 4) is 0 Å². The monoisotopic (exact) mass is 322 g/mol. The van der Waals surface area contributed by atoms with Gasteiger partial charge in [-0.25, -0.2) is 0 Å². The van der Waals surface area contributed by atoms with Crippen LogP contribution in [0.2, 0.25) is 0 Å². The van der Waals surface area contributed by atoms with E-state index in [9.17, 15) is 0 Å². The maximum atomic E-state index is 3.94. The van der Waals surface area contributed by atoms with Crippen LogP contribution < -0.4 is 0 Å². The molecule has 1 aromatic rings. The van der Waals surface area contributed by atoms with Gasteiger partial charge in [-0.3, -0.25) is 0 Å². The molecule has 1 unspecified atom stereocenters. The molecule has 0 N–H and O–H groups in total. The minimum absolute atomic E-state index is 0.549. The van der Waals surface area contributed by atoms with Crippen LogP contribution in [0.5, 0.6) is 0 Å². The molecule has 1 aromatic carbocycles. The Morgan fingerprint density at radius 3 is 2.16 bits per heavy atom. The first-order valence-electron chi connectivity index (χ1n) is 7.79. The van der Waals surface area contributed by atoms with Crippen LogP contribution in [-0.2, 0) is 6.42 Å². The zero-order valence-corrected chi connectivity index (χ0v) is 14.1. The molecule has 0 aliphatic heterocycles. The predicted octanol–water partition coefficient (Wildman–Crippen LogP) is 6.15. The van der Waals surface area contributed by atoms with E-state index in [2.05, 4.69) is 61.0 Å². The molecule has 0 aromatic heterocycles. The molecule has 2 rings (SSSR count). The molecule has 0 radical (unpaired) electrons. The molecule has 0 spiro atoms. The second kappa shape index (κ2) is 6.92. The lowest BCUT2D eigenvalue weighted by Gasteiger charge is -2.30. The minimum atomic E-state index is 0.549. The van der Waals surface area contributed by atoms with Crippen LogP contribution in [0.4, 0.5) is 0 Å². The number of benzene rings is 1. The van der Waals surface area contributed by atoms with Crippen molar-refractivity contribution in [1.29, 1.82) is 0 Å². The van der Waals surface area contributed by atoms with Crippen molar-refractivity contribution < 1.29 is 0 Å². The summed E-state index contributed by atoms with van der Waals surface area (Å²) in [6, 6.07) is 9.29. The lowest BCUT2D eigenvalue weighted by Crippen LogP contribution is -2.16. The summed E-state index contributed by atoms with van der Waals surface area (Å²) < 4.78 is 0. The minimum Gasteiger partial charge on any atom is -0.0836 e. The molecule has 1 saturated carbocycles. The van der Waals surface area contributed by atoms with Gasteiger partial charge in [-0.05, 0) is 48.1 Å². The fourth-order valence-electron chi connectivity index (χ4n) is 3.16. The van der Waals surface area contributed by atoms with Crippen molar-refractivity contribution in [3.63, 3.8) is 0 Å². The fraction of sp³-hybridized carbons (Fsp3) is 0.667. The van der Waals surface area contributed by atoms with Crippen LogP contribution in [0, 0.1) is 17.8 Å². The Kier molecular flexibility index (Phi) is 5.50. The van der Waals surface area contributed by atoms with E-state index in [1.165, 1.54) is 43.2 Å². The largest absolute Gasteiger partial charge is 0.0836 e. The molecule has 0 heterocycles. The number of alkyl halides is 1. The molecule has 106 valence electrons. The highest BCUT2D eigenvalue weighted by Crippen LogP contribution is 2.41. The van der Waals surface area contributed by atoms with E-state index in [1.807, 2.05) is 0 Å². The first kappa shape index (κ1) is 15.1. The average molecular weight is 323 g/mol. The third-order valence-corrected chi connectivity index (χ3v) is 5.69. The number of hydrogen-bond acceptors (Lipinski definition) is 0. The van der Waals surface area contributed by atoms with Crippen molar-refractivity contribution in [2.24, 2.45) is 17.8 Å². The molecule has 1 fully saturated rings. The summed E-state index contributed by atoms with van der Waals surface area (Å²) in [6.45, 7) is 6.95. The van der Waals surface area contributed by atoms with Crippen LogP contribution in [0.3, 0.4) is 0 Å². The van der Waals surface area contributed by atoms with Gasteiger partial charge in [-0.2, -0.15) is 0 Å². The number of rotatable bonds is 4. The van der Waals surface area contributed by atoms with E-state index in [4.69, 9.17) is 0 Å². The maximum absolute atomic E-state index is 3.94. The van der Waals surface area contributed by atoms with Crippen LogP contribution in [0.15, 0.2) is 24.3 Å². The van der Waals surface area contributed by atoms with Gasteiger partial charge in [0.25, 0.3) is 0 Å². The van der Waals surface area contributed by atoms with Crippen molar-refractivity contribution in [1.82, 2.24) is 0 Å². The molecule has 1 aliphatic carbocycles. The smallest absolute Gasteiger partial charge is 0.0423 e. The SMILES string of the molecule is CC(C)Cc1ccc(C(Br)C2CCC(C)CC2)cc1. The zero-order valence-electron chi connectivity index (χ0n) is 12.5. The van der Waals surface area contributed by atoms with Crippen molar-refractivity contribution in [2.45, 2.75) is 57.7 Å². The zero-order chi connectivity index (χ0) is 13.8. The molecule has 0 saturated heterocycles. The standard InChI is InChI=1S/C18H27Br/c1-13(2)12-15-6-10-17(11-7-15)18(19)16-8-4-14(3)5-9-16/h6-7,10-11,13-14,16,18H,4-5,8-9,12H2,1-3H3. The molecule has 1 heteroatoms. The molecular formula is C18H27Br. The van der Waals surface area contributed by atoms with Crippen LogP contribution in [0.25, 0.3) is 0 Å². The van der Waals surface area contributed by atoms with Gasteiger partial charge >= 0.3 is 0 Å². The van der Waals surface area contributed by atoms with Crippen LogP contribution in [0.1, 0.15) is 62.4 Å². The van der Waals surface area contributed by atoms with Gasteiger partial charge in [0, 0.05) is 4.83 Å². The highest BCUT2D eigenvalue weighted by molar-refractivity contribution is 9.09. The molecule has 19 heavy (non-hydrogen) atoms. The lowest BCUT2D eigenvalue weighted by molar-refractivity contribution is 0.287. The Bertz CT molecular complexity index is 371. The van der Waals surface area contributed by atoms with E-state index in [0.717, 1.165) is 17.8 Å². The summed E-state index contributed by atoms with van der Waals surface area (Å²) in [5.74, 6) is 2.50. The lowest BCUT2D eigenvalue weighted by atomic mass is 9.80. The Morgan fingerprint density at radius 1 is 1.05 bits per heavy atom. The Hall–Kier alpha value is -0.300. The van der Waals surface area contributed by atoms with E-state index in [0.29, 0.717) is 4.83 Å². The van der Waals surface area contributed by atoms with Gasteiger partial charge in [-0.15, -0.1) is 0 Å². The second-order valence-corrected chi connectivity index (χ2v) is 7.75. The summed E-state index contributed by atoms with van der Waals surface area (Å²) in [5, 5.41) is 0.